The predicted molar refractivity (Wildman–Crippen MR) is 93.0 cm³/mol. The SMILES string of the molecule is FC(F)(CO[C@@H]1CCC(Nc2ncnc3[nH]ncc23)C1)c1ccccc1. The molecule has 0 bridgehead atoms. The number of benzene rings is 1. The lowest BCUT2D eigenvalue weighted by molar-refractivity contribution is -0.103. The minimum atomic E-state index is -2.98. The Kier molecular flexibility index (Phi) is 4.50. The van der Waals surface area contributed by atoms with Gasteiger partial charge in [-0.2, -0.15) is 13.9 Å². The van der Waals surface area contributed by atoms with E-state index in [0.29, 0.717) is 17.9 Å². The molecule has 0 radical (unpaired) electrons. The second-order valence-electron chi connectivity index (χ2n) is 6.51. The van der Waals surface area contributed by atoms with Crippen LogP contribution in [0.1, 0.15) is 24.8 Å². The first-order valence-corrected chi connectivity index (χ1v) is 8.57. The molecule has 0 spiro atoms. The van der Waals surface area contributed by atoms with Gasteiger partial charge in [-0.15, -0.1) is 0 Å². The van der Waals surface area contributed by atoms with Gasteiger partial charge < -0.3 is 10.1 Å². The lowest BCUT2D eigenvalue weighted by Gasteiger charge is -2.20. The fraction of sp³-hybridized carbons (Fsp3) is 0.389. The molecule has 1 aromatic carbocycles. The van der Waals surface area contributed by atoms with E-state index >= 15 is 0 Å². The summed E-state index contributed by atoms with van der Waals surface area (Å²) in [5, 5.41) is 10.9. The minimum Gasteiger partial charge on any atom is -0.371 e. The number of aromatic amines is 1. The standard InChI is InChI=1S/C18H19F2N5O/c19-18(20,12-4-2-1-3-5-12)10-26-14-7-6-13(8-14)24-16-15-9-23-25-17(15)22-11-21-16/h1-5,9,11,13-14H,6-8,10H2,(H2,21,22,23,24,25)/t13?,14-/m1/s1. The zero-order valence-corrected chi connectivity index (χ0v) is 14.0. The van der Waals surface area contributed by atoms with Gasteiger partial charge >= 0.3 is 0 Å². The number of nitrogens with zero attached hydrogens (tertiary/aromatic N) is 3. The molecule has 0 amide bonds. The van der Waals surface area contributed by atoms with Crippen molar-refractivity contribution >= 4 is 16.9 Å². The predicted octanol–water partition coefficient (Wildman–Crippen LogP) is 3.49. The summed E-state index contributed by atoms with van der Waals surface area (Å²) in [5.74, 6) is -2.29. The Morgan fingerprint density at radius 1 is 1.19 bits per heavy atom. The molecule has 3 aromatic rings. The third-order valence-electron chi connectivity index (χ3n) is 4.67. The molecule has 6 nitrogen and oxygen atoms in total. The smallest absolute Gasteiger partial charge is 0.296 e. The molecule has 1 unspecified atom stereocenters. The molecule has 136 valence electrons. The van der Waals surface area contributed by atoms with Gasteiger partial charge in [0.2, 0.25) is 0 Å². The van der Waals surface area contributed by atoms with Crippen LogP contribution >= 0.6 is 0 Å². The molecule has 2 heterocycles. The zero-order chi connectivity index (χ0) is 18.0. The number of aromatic nitrogens is 4. The average molecular weight is 359 g/mol. The van der Waals surface area contributed by atoms with Gasteiger partial charge in [-0.3, -0.25) is 5.10 Å². The summed E-state index contributed by atoms with van der Waals surface area (Å²) < 4.78 is 34.0. The first-order valence-electron chi connectivity index (χ1n) is 8.57. The molecule has 1 saturated carbocycles. The molecule has 0 aliphatic heterocycles. The van der Waals surface area contributed by atoms with Crippen molar-refractivity contribution in [3.63, 3.8) is 0 Å². The molecule has 1 aliphatic rings. The Morgan fingerprint density at radius 3 is 2.88 bits per heavy atom. The molecule has 2 atom stereocenters. The van der Waals surface area contributed by atoms with Gasteiger partial charge in [0.25, 0.3) is 5.92 Å². The first kappa shape index (κ1) is 16.8. The first-order chi connectivity index (χ1) is 12.6. The van der Waals surface area contributed by atoms with Crippen LogP contribution in [0.4, 0.5) is 14.6 Å². The van der Waals surface area contributed by atoms with E-state index < -0.39 is 12.5 Å². The van der Waals surface area contributed by atoms with Gasteiger partial charge in [-0.05, 0) is 19.3 Å². The molecule has 2 N–H and O–H groups in total. The number of ether oxygens (including phenoxy) is 1. The molecule has 0 saturated heterocycles. The van der Waals surface area contributed by atoms with Crippen LogP contribution < -0.4 is 5.32 Å². The molecular formula is C18H19F2N5O. The number of fused-ring (bicyclic) bond motifs is 1. The van der Waals surface area contributed by atoms with Crippen LogP contribution in [0.5, 0.6) is 0 Å². The number of rotatable bonds is 6. The topological polar surface area (TPSA) is 75.7 Å². The van der Waals surface area contributed by atoms with Crippen molar-refractivity contribution in [2.75, 3.05) is 11.9 Å². The largest absolute Gasteiger partial charge is 0.371 e. The van der Waals surface area contributed by atoms with Crippen molar-refractivity contribution in [2.24, 2.45) is 0 Å². The molecule has 1 fully saturated rings. The van der Waals surface area contributed by atoms with Crippen LogP contribution in [0, 0.1) is 0 Å². The Morgan fingerprint density at radius 2 is 2.04 bits per heavy atom. The molecule has 2 aromatic heterocycles. The van der Waals surface area contributed by atoms with E-state index in [1.807, 2.05) is 0 Å². The van der Waals surface area contributed by atoms with E-state index in [2.05, 4.69) is 25.5 Å². The van der Waals surface area contributed by atoms with Crippen molar-refractivity contribution in [1.29, 1.82) is 0 Å². The second kappa shape index (κ2) is 6.95. The van der Waals surface area contributed by atoms with Gasteiger partial charge in [0.1, 0.15) is 18.8 Å². The van der Waals surface area contributed by atoms with Crippen LogP contribution in [-0.4, -0.2) is 38.9 Å². The normalized spacial score (nSPS) is 20.5. The van der Waals surface area contributed by atoms with Crippen LogP contribution in [0.25, 0.3) is 11.0 Å². The number of nitrogens with one attached hydrogen (secondary N) is 2. The van der Waals surface area contributed by atoms with Crippen LogP contribution in [0.15, 0.2) is 42.9 Å². The maximum Gasteiger partial charge on any atom is 0.296 e. The number of H-pyrrole nitrogens is 1. The molecule has 1 aliphatic carbocycles. The molecule has 8 heteroatoms. The van der Waals surface area contributed by atoms with Crippen molar-refractivity contribution in [3.8, 4) is 0 Å². The highest BCUT2D eigenvalue weighted by atomic mass is 19.3. The second-order valence-corrected chi connectivity index (χ2v) is 6.51. The van der Waals surface area contributed by atoms with Crippen molar-refractivity contribution in [3.05, 3.63) is 48.4 Å². The van der Waals surface area contributed by atoms with Crippen molar-refractivity contribution in [2.45, 2.75) is 37.3 Å². The Balaban J connectivity index is 1.33. The number of alkyl halides is 2. The number of hydrogen-bond acceptors (Lipinski definition) is 5. The number of halogens is 2. The van der Waals surface area contributed by atoms with Gasteiger partial charge in [0.05, 0.1) is 17.7 Å². The summed E-state index contributed by atoms with van der Waals surface area (Å²) in [5.41, 5.74) is 0.645. The highest BCUT2D eigenvalue weighted by Crippen LogP contribution is 2.32. The van der Waals surface area contributed by atoms with E-state index in [4.69, 9.17) is 4.74 Å². The Bertz CT molecular complexity index is 870. The summed E-state index contributed by atoms with van der Waals surface area (Å²) in [7, 11) is 0. The highest BCUT2D eigenvalue weighted by Gasteiger charge is 2.34. The third kappa shape index (κ3) is 3.50. The zero-order valence-electron chi connectivity index (χ0n) is 14.0. The lowest BCUT2D eigenvalue weighted by atomic mass is 10.1. The van der Waals surface area contributed by atoms with Crippen LogP contribution in [0.2, 0.25) is 0 Å². The minimum absolute atomic E-state index is 0.0176. The van der Waals surface area contributed by atoms with Crippen LogP contribution in [-0.2, 0) is 10.7 Å². The van der Waals surface area contributed by atoms with Gasteiger partial charge in [-0.25, -0.2) is 9.97 Å². The fourth-order valence-corrected chi connectivity index (χ4v) is 3.28. The van der Waals surface area contributed by atoms with E-state index in [-0.39, 0.29) is 17.7 Å². The summed E-state index contributed by atoms with van der Waals surface area (Å²) in [6.07, 6.45) is 5.18. The Labute approximate surface area is 149 Å². The van der Waals surface area contributed by atoms with E-state index in [1.54, 1.807) is 24.4 Å². The van der Waals surface area contributed by atoms with E-state index in [9.17, 15) is 8.78 Å². The molecule has 26 heavy (non-hydrogen) atoms. The van der Waals surface area contributed by atoms with Crippen LogP contribution in [0.3, 0.4) is 0 Å². The summed E-state index contributed by atoms with van der Waals surface area (Å²) >= 11 is 0. The molecular weight excluding hydrogens is 340 g/mol. The summed E-state index contributed by atoms with van der Waals surface area (Å²) in [6.45, 7) is -0.603. The maximum absolute atomic E-state index is 14.2. The fourth-order valence-electron chi connectivity index (χ4n) is 3.28. The van der Waals surface area contributed by atoms with Crippen molar-refractivity contribution in [1.82, 2.24) is 20.2 Å². The maximum atomic E-state index is 14.2. The monoisotopic (exact) mass is 359 g/mol. The number of hydrogen-bond donors (Lipinski definition) is 2. The van der Waals surface area contributed by atoms with Gasteiger partial charge in [0.15, 0.2) is 5.65 Å². The number of anilines is 1. The average Bonchev–Trinajstić information content (AvgIpc) is 3.31. The van der Waals surface area contributed by atoms with E-state index in [0.717, 1.165) is 18.2 Å². The quantitative estimate of drug-likeness (QED) is 0.705. The lowest BCUT2D eigenvalue weighted by Crippen LogP contribution is -2.25. The van der Waals surface area contributed by atoms with Crippen molar-refractivity contribution < 1.29 is 13.5 Å². The van der Waals surface area contributed by atoms with E-state index in [1.165, 1.54) is 18.5 Å². The van der Waals surface area contributed by atoms with Gasteiger partial charge in [0, 0.05) is 11.6 Å². The molecule has 4 rings (SSSR count). The third-order valence-corrected chi connectivity index (χ3v) is 4.67. The summed E-state index contributed by atoms with van der Waals surface area (Å²) in [6, 6.07) is 7.91. The van der Waals surface area contributed by atoms with Gasteiger partial charge in [-0.1, -0.05) is 30.3 Å². The summed E-state index contributed by atoms with van der Waals surface area (Å²) in [4.78, 5) is 8.35. The Hall–Kier alpha value is -2.61. The highest BCUT2D eigenvalue weighted by molar-refractivity contribution is 5.85.